The molecule has 0 radical (unpaired) electrons. The Morgan fingerprint density at radius 2 is 1.94 bits per heavy atom. The Hall–Kier alpha value is -1.87. The van der Waals surface area contributed by atoms with Gasteiger partial charge in [-0.3, -0.25) is 4.79 Å². The molecule has 0 aliphatic rings. The Kier molecular flexibility index (Phi) is 3.63. The second-order valence-corrected chi connectivity index (χ2v) is 5.13. The number of ketones is 1. The summed E-state index contributed by atoms with van der Waals surface area (Å²) in [4.78, 5) is 12.5. The molecule has 1 aromatic heterocycles. The number of aryl methyl sites for hydroxylation is 2. The summed E-state index contributed by atoms with van der Waals surface area (Å²) in [6.07, 6.45) is 3.35. The van der Waals surface area contributed by atoms with E-state index in [0.717, 1.165) is 21.6 Å². The highest BCUT2D eigenvalue weighted by atomic mass is 32.1. The highest BCUT2D eigenvalue weighted by Crippen LogP contribution is 2.23. The van der Waals surface area contributed by atoms with Gasteiger partial charge in [-0.25, -0.2) is 0 Å². The van der Waals surface area contributed by atoms with E-state index < -0.39 is 0 Å². The smallest absolute Gasteiger partial charge is 0.195 e. The zero-order chi connectivity index (χ0) is 13.1. The van der Waals surface area contributed by atoms with Crippen molar-refractivity contribution in [3.05, 3.63) is 57.3 Å². The minimum absolute atomic E-state index is 0.00776. The number of phenols is 1. The van der Waals surface area contributed by atoms with Gasteiger partial charge >= 0.3 is 0 Å². The van der Waals surface area contributed by atoms with Gasteiger partial charge in [0, 0.05) is 0 Å². The summed E-state index contributed by atoms with van der Waals surface area (Å²) in [5.41, 5.74) is 2.56. The van der Waals surface area contributed by atoms with Gasteiger partial charge in [-0.1, -0.05) is 12.1 Å². The predicted molar refractivity (Wildman–Crippen MR) is 75.3 cm³/mol. The van der Waals surface area contributed by atoms with Crippen LogP contribution in [0.15, 0.2) is 35.7 Å². The van der Waals surface area contributed by atoms with Crippen molar-refractivity contribution in [3.63, 3.8) is 0 Å². The number of carbonyl (C=O) groups is 1. The van der Waals surface area contributed by atoms with Crippen LogP contribution in [0, 0.1) is 13.8 Å². The summed E-state index contributed by atoms with van der Waals surface area (Å²) in [6.45, 7) is 3.70. The van der Waals surface area contributed by atoms with Crippen LogP contribution in [-0.2, 0) is 0 Å². The third kappa shape index (κ3) is 2.68. The van der Waals surface area contributed by atoms with Crippen LogP contribution in [0.1, 0.15) is 26.4 Å². The Labute approximate surface area is 110 Å². The predicted octanol–water partition coefficient (Wildman–Crippen LogP) is 3.97. The highest BCUT2D eigenvalue weighted by molar-refractivity contribution is 7.12. The molecule has 0 bridgehead atoms. The number of aromatic hydroxyl groups is 1. The number of carbonyl (C=O) groups excluding carboxylic acids is 1. The third-order valence-electron chi connectivity index (χ3n) is 2.70. The Balaban J connectivity index is 2.22. The fourth-order valence-corrected chi connectivity index (χ4v) is 2.40. The molecular weight excluding hydrogens is 244 g/mol. The number of allylic oxidation sites excluding steroid dienone is 1. The van der Waals surface area contributed by atoms with E-state index in [1.807, 2.05) is 43.5 Å². The maximum absolute atomic E-state index is 11.8. The minimum Gasteiger partial charge on any atom is -0.507 e. The van der Waals surface area contributed by atoms with Gasteiger partial charge in [0.2, 0.25) is 0 Å². The van der Waals surface area contributed by atoms with Crippen LogP contribution in [-0.4, -0.2) is 10.9 Å². The topological polar surface area (TPSA) is 37.3 Å². The van der Waals surface area contributed by atoms with Crippen molar-refractivity contribution in [2.75, 3.05) is 0 Å². The first-order chi connectivity index (χ1) is 8.58. The summed E-state index contributed by atoms with van der Waals surface area (Å²) in [7, 11) is 0. The number of hydrogen-bond donors (Lipinski definition) is 1. The number of benzene rings is 1. The maximum Gasteiger partial charge on any atom is 0.195 e. The van der Waals surface area contributed by atoms with E-state index >= 15 is 0 Å². The van der Waals surface area contributed by atoms with Crippen molar-refractivity contribution >= 4 is 23.2 Å². The zero-order valence-electron chi connectivity index (χ0n) is 10.3. The minimum atomic E-state index is 0.00776. The van der Waals surface area contributed by atoms with Gasteiger partial charge in [0.15, 0.2) is 5.78 Å². The van der Waals surface area contributed by atoms with Crippen molar-refractivity contribution in [3.8, 4) is 5.75 Å². The second kappa shape index (κ2) is 5.19. The van der Waals surface area contributed by atoms with Crippen LogP contribution in [0.5, 0.6) is 5.75 Å². The molecular formula is C15H14O2S. The van der Waals surface area contributed by atoms with Crippen LogP contribution in [0.25, 0.3) is 6.08 Å². The molecule has 0 atom stereocenters. The van der Waals surface area contributed by atoms with Crippen LogP contribution in [0.3, 0.4) is 0 Å². The zero-order valence-corrected chi connectivity index (χ0v) is 11.1. The van der Waals surface area contributed by atoms with Crippen LogP contribution in [0.2, 0.25) is 0 Å². The van der Waals surface area contributed by atoms with Crippen molar-refractivity contribution < 1.29 is 9.90 Å². The van der Waals surface area contributed by atoms with Crippen LogP contribution >= 0.6 is 11.3 Å². The van der Waals surface area contributed by atoms with Gasteiger partial charge in [0.1, 0.15) is 5.75 Å². The Bertz CT molecular complexity index is 572. The van der Waals surface area contributed by atoms with E-state index in [2.05, 4.69) is 0 Å². The Morgan fingerprint density at radius 1 is 1.28 bits per heavy atom. The molecule has 0 fully saturated rings. The first-order valence-corrected chi connectivity index (χ1v) is 6.52. The van der Waals surface area contributed by atoms with Crippen LogP contribution in [0.4, 0.5) is 0 Å². The lowest BCUT2D eigenvalue weighted by molar-refractivity contribution is 0.105. The molecule has 0 unspecified atom stereocenters. The van der Waals surface area contributed by atoms with Crippen LogP contribution < -0.4 is 0 Å². The van der Waals surface area contributed by atoms with Gasteiger partial charge in [-0.15, -0.1) is 11.3 Å². The normalized spacial score (nSPS) is 11.0. The molecule has 1 heterocycles. The summed E-state index contributed by atoms with van der Waals surface area (Å²) in [6, 6.07) is 7.40. The second-order valence-electron chi connectivity index (χ2n) is 4.18. The molecule has 2 aromatic rings. The molecule has 92 valence electrons. The Morgan fingerprint density at radius 3 is 2.50 bits per heavy atom. The van der Waals surface area contributed by atoms with E-state index in [1.165, 1.54) is 11.3 Å². The highest BCUT2D eigenvalue weighted by Gasteiger charge is 2.04. The molecule has 0 saturated carbocycles. The van der Waals surface area contributed by atoms with Gasteiger partial charge in [-0.2, -0.15) is 0 Å². The van der Waals surface area contributed by atoms with E-state index in [1.54, 1.807) is 12.2 Å². The molecule has 0 aliphatic carbocycles. The molecule has 2 rings (SSSR count). The quantitative estimate of drug-likeness (QED) is 0.668. The molecule has 0 aliphatic heterocycles. The molecule has 1 N–H and O–H groups in total. The molecule has 3 heteroatoms. The fourth-order valence-electron chi connectivity index (χ4n) is 1.76. The average molecular weight is 258 g/mol. The summed E-state index contributed by atoms with van der Waals surface area (Å²) < 4.78 is 0. The lowest BCUT2D eigenvalue weighted by atomic mass is 10.1. The monoisotopic (exact) mass is 258 g/mol. The van der Waals surface area contributed by atoms with Crippen molar-refractivity contribution in [1.82, 2.24) is 0 Å². The number of hydrogen-bond acceptors (Lipinski definition) is 3. The third-order valence-corrected chi connectivity index (χ3v) is 3.59. The van der Waals surface area contributed by atoms with E-state index in [0.29, 0.717) is 5.75 Å². The average Bonchev–Trinajstić information content (AvgIpc) is 2.86. The molecule has 0 amide bonds. The lowest BCUT2D eigenvalue weighted by Crippen LogP contribution is -1.89. The van der Waals surface area contributed by atoms with Gasteiger partial charge in [-0.05, 0) is 60.2 Å². The van der Waals surface area contributed by atoms with Gasteiger partial charge in [0.05, 0.1) is 4.88 Å². The van der Waals surface area contributed by atoms with E-state index in [9.17, 15) is 9.90 Å². The fraction of sp³-hybridized carbons (Fsp3) is 0.133. The molecule has 0 spiro atoms. The lowest BCUT2D eigenvalue weighted by Gasteiger charge is -2.04. The van der Waals surface area contributed by atoms with Crippen molar-refractivity contribution in [1.29, 1.82) is 0 Å². The van der Waals surface area contributed by atoms with E-state index in [4.69, 9.17) is 0 Å². The summed E-state index contributed by atoms with van der Waals surface area (Å²) >= 11 is 1.43. The van der Waals surface area contributed by atoms with Gasteiger partial charge in [0.25, 0.3) is 0 Å². The first-order valence-electron chi connectivity index (χ1n) is 5.64. The van der Waals surface area contributed by atoms with Crippen molar-refractivity contribution in [2.45, 2.75) is 13.8 Å². The summed E-state index contributed by atoms with van der Waals surface area (Å²) in [5, 5.41) is 11.6. The number of phenolic OH excluding ortho intramolecular Hbond substituents is 1. The van der Waals surface area contributed by atoms with Gasteiger partial charge < -0.3 is 5.11 Å². The standard InChI is InChI=1S/C15H14O2S/c1-10-8-12(9-11(2)15(10)17)5-6-13(16)14-4-3-7-18-14/h3-9,17H,1-2H3. The van der Waals surface area contributed by atoms with E-state index in [-0.39, 0.29) is 5.78 Å². The largest absolute Gasteiger partial charge is 0.507 e. The van der Waals surface area contributed by atoms with Crippen molar-refractivity contribution in [2.24, 2.45) is 0 Å². The SMILES string of the molecule is Cc1cc(C=CC(=O)c2cccs2)cc(C)c1O. The molecule has 2 nitrogen and oxygen atoms in total. The molecule has 0 saturated heterocycles. The first kappa shape index (κ1) is 12.6. The molecule has 1 aromatic carbocycles. The summed E-state index contributed by atoms with van der Waals surface area (Å²) in [5.74, 6) is 0.324. The molecule has 18 heavy (non-hydrogen) atoms. The number of rotatable bonds is 3. The maximum atomic E-state index is 11.8. The number of thiophene rings is 1.